The minimum absolute atomic E-state index is 0.238. The average Bonchev–Trinajstić information content (AvgIpc) is 2.79. The van der Waals surface area contributed by atoms with Crippen LogP contribution in [0, 0.1) is 6.92 Å². The lowest BCUT2D eigenvalue weighted by Gasteiger charge is -2.10. The molecule has 154 valence electrons. The highest BCUT2D eigenvalue weighted by atomic mass is 16.5. The van der Waals surface area contributed by atoms with Gasteiger partial charge in [-0.15, -0.1) is 0 Å². The van der Waals surface area contributed by atoms with E-state index in [9.17, 15) is 4.79 Å². The lowest BCUT2D eigenvalue weighted by molar-refractivity contribution is 0.102. The van der Waals surface area contributed by atoms with E-state index in [1.54, 1.807) is 54.9 Å². The molecule has 6 heteroatoms. The van der Waals surface area contributed by atoms with E-state index in [4.69, 9.17) is 9.47 Å². The van der Waals surface area contributed by atoms with Crippen molar-refractivity contribution in [3.8, 4) is 17.4 Å². The summed E-state index contributed by atoms with van der Waals surface area (Å²) < 4.78 is 11.5. The van der Waals surface area contributed by atoms with Crippen molar-refractivity contribution in [3.05, 3.63) is 108 Å². The Bertz CT molecular complexity index is 1180. The quantitative estimate of drug-likeness (QED) is 0.440. The van der Waals surface area contributed by atoms with E-state index in [2.05, 4.69) is 21.4 Å². The second kappa shape index (κ2) is 9.54. The van der Waals surface area contributed by atoms with Crippen molar-refractivity contribution < 1.29 is 14.3 Å². The number of benzene rings is 3. The number of aromatic nitrogens is 2. The molecule has 31 heavy (non-hydrogen) atoms. The normalized spacial score (nSPS) is 10.4. The van der Waals surface area contributed by atoms with E-state index in [0.717, 1.165) is 5.56 Å². The van der Waals surface area contributed by atoms with Crippen LogP contribution in [0.5, 0.6) is 17.4 Å². The zero-order valence-corrected chi connectivity index (χ0v) is 17.0. The first kappa shape index (κ1) is 20.1. The number of ether oxygens (including phenoxy) is 2. The first-order valence-electron chi connectivity index (χ1n) is 9.79. The lowest BCUT2D eigenvalue weighted by atomic mass is 10.1. The Labute approximate surface area is 180 Å². The molecule has 0 radical (unpaired) electrons. The Balaban J connectivity index is 1.40. The van der Waals surface area contributed by atoms with Crippen LogP contribution >= 0.6 is 0 Å². The molecule has 6 nitrogen and oxygen atoms in total. The predicted octanol–water partition coefficient (Wildman–Crippen LogP) is 5.41. The summed E-state index contributed by atoms with van der Waals surface area (Å²) in [5, 5.41) is 2.88. The van der Waals surface area contributed by atoms with Gasteiger partial charge in [0.25, 0.3) is 5.91 Å². The molecule has 1 aromatic heterocycles. The standard InChI is InChI=1S/C25H21N3O3/c1-18-5-2-6-19(13-18)17-30-22-9-3-7-20(14-22)25(29)28-21-8-4-10-23(15-21)31-24-16-26-11-12-27-24/h2-16H,17H2,1H3,(H,28,29). The van der Waals surface area contributed by atoms with Gasteiger partial charge in [-0.2, -0.15) is 0 Å². The van der Waals surface area contributed by atoms with Crippen LogP contribution in [0.15, 0.2) is 91.4 Å². The number of nitrogens with one attached hydrogen (secondary N) is 1. The summed E-state index contributed by atoms with van der Waals surface area (Å²) in [6.07, 6.45) is 4.64. The molecule has 0 aliphatic heterocycles. The molecular formula is C25H21N3O3. The molecule has 0 spiro atoms. The van der Waals surface area contributed by atoms with Crippen LogP contribution < -0.4 is 14.8 Å². The third-order valence-corrected chi connectivity index (χ3v) is 4.44. The van der Waals surface area contributed by atoms with Gasteiger partial charge < -0.3 is 14.8 Å². The second-order valence-corrected chi connectivity index (χ2v) is 6.93. The van der Waals surface area contributed by atoms with Gasteiger partial charge in [0.2, 0.25) is 5.88 Å². The molecule has 0 bridgehead atoms. The average molecular weight is 411 g/mol. The first-order chi connectivity index (χ1) is 15.2. The summed E-state index contributed by atoms with van der Waals surface area (Å²) in [4.78, 5) is 20.8. The Morgan fingerprint density at radius 2 is 1.77 bits per heavy atom. The Morgan fingerprint density at radius 1 is 0.935 bits per heavy atom. The molecule has 1 amide bonds. The van der Waals surface area contributed by atoms with E-state index in [0.29, 0.717) is 35.2 Å². The molecule has 1 heterocycles. The van der Waals surface area contributed by atoms with Crippen molar-refractivity contribution in [1.29, 1.82) is 0 Å². The summed E-state index contributed by atoms with van der Waals surface area (Å²) in [5.41, 5.74) is 3.37. The number of carbonyl (C=O) groups excluding carboxylic acids is 1. The van der Waals surface area contributed by atoms with Gasteiger partial charge in [0.15, 0.2) is 0 Å². The van der Waals surface area contributed by atoms with Crippen LogP contribution in [0.4, 0.5) is 5.69 Å². The zero-order valence-electron chi connectivity index (χ0n) is 17.0. The van der Waals surface area contributed by atoms with Crippen molar-refractivity contribution in [2.45, 2.75) is 13.5 Å². The highest BCUT2D eigenvalue weighted by Crippen LogP contribution is 2.23. The molecule has 1 N–H and O–H groups in total. The number of carbonyl (C=O) groups is 1. The molecule has 4 aromatic rings. The Morgan fingerprint density at radius 3 is 2.61 bits per heavy atom. The second-order valence-electron chi connectivity index (χ2n) is 6.93. The van der Waals surface area contributed by atoms with E-state index in [1.165, 1.54) is 11.8 Å². The van der Waals surface area contributed by atoms with E-state index < -0.39 is 0 Å². The molecule has 0 fully saturated rings. The van der Waals surface area contributed by atoms with Gasteiger partial charge in [-0.3, -0.25) is 9.78 Å². The Hall–Kier alpha value is -4.19. The summed E-state index contributed by atoms with van der Waals surface area (Å²) in [6.45, 7) is 2.48. The van der Waals surface area contributed by atoms with Crippen LogP contribution in [0.2, 0.25) is 0 Å². The zero-order chi connectivity index (χ0) is 21.5. The number of amides is 1. The predicted molar refractivity (Wildman–Crippen MR) is 118 cm³/mol. The largest absolute Gasteiger partial charge is 0.489 e. The summed E-state index contributed by atoms with van der Waals surface area (Å²) >= 11 is 0. The molecule has 0 aliphatic carbocycles. The number of hydrogen-bond acceptors (Lipinski definition) is 5. The van der Waals surface area contributed by atoms with E-state index >= 15 is 0 Å². The third kappa shape index (κ3) is 5.67. The van der Waals surface area contributed by atoms with Crippen LogP contribution in [0.1, 0.15) is 21.5 Å². The minimum Gasteiger partial charge on any atom is -0.489 e. The SMILES string of the molecule is Cc1cccc(COc2cccc(C(=O)Nc3cccc(Oc4cnccn4)c3)c2)c1. The van der Waals surface area contributed by atoms with Gasteiger partial charge in [0.1, 0.15) is 18.1 Å². The fraction of sp³-hybridized carbons (Fsp3) is 0.0800. The highest BCUT2D eigenvalue weighted by Gasteiger charge is 2.09. The molecule has 0 atom stereocenters. The van der Waals surface area contributed by atoms with Crippen molar-refractivity contribution >= 4 is 11.6 Å². The van der Waals surface area contributed by atoms with Gasteiger partial charge in [-0.25, -0.2) is 4.98 Å². The summed E-state index contributed by atoms with van der Waals surface area (Å²) in [5.74, 6) is 1.32. The van der Waals surface area contributed by atoms with Crippen molar-refractivity contribution in [2.24, 2.45) is 0 Å². The third-order valence-electron chi connectivity index (χ3n) is 4.44. The number of aryl methyl sites for hydroxylation is 1. The number of rotatable bonds is 7. The van der Waals surface area contributed by atoms with Gasteiger partial charge in [0.05, 0.1) is 6.20 Å². The molecule has 3 aromatic carbocycles. The van der Waals surface area contributed by atoms with Crippen molar-refractivity contribution in [2.75, 3.05) is 5.32 Å². The monoisotopic (exact) mass is 411 g/mol. The topological polar surface area (TPSA) is 73.3 Å². The molecular weight excluding hydrogens is 390 g/mol. The van der Waals surface area contributed by atoms with Crippen molar-refractivity contribution in [1.82, 2.24) is 9.97 Å². The van der Waals surface area contributed by atoms with Gasteiger partial charge in [-0.05, 0) is 42.8 Å². The summed E-state index contributed by atoms with van der Waals surface area (Å²) in [7, 11) is 0. The fourth-order valence-electron chi connectivity index (χ4n) is 3.00. The Kier molecular flexibility index (Phi) is 6.18. The fourth-order valence-corrected chi connectivity index (χ4v) is 3.00. The molecule has 4 rings (SSSR count). The maximum absolute atomic E-state index is 12.7. The lowest BCUT2D eigenvalue weighted by Crippen LogP contribution is -2.12. The van der Waals surface area contributed by atoms with Gasteiger partial charge >= 0.3 is 0 Å². The van der Waals surface area contributed by atoms with Crippen LogP contribution in [0.3, 0.4) is 0 Å². The maximum Gasteiger partial charge on any atom is 0.255 e. The van der Waals surface area contributed by atoms with Crippen LogP contribution in [-0.2, 0) is 6.61 Å². The van der Waals surface area contributed by atoms with Gasteiger partial charge in [0, 0.05) is 29.7 Å². The van der Waals surface area contributed by atoms with Crippen LogP contribution in [0.25, 0.3) is 0 Å². The number of nitrogens with zero attached hydrogens (tertiary/aromatic N) is 2. The van der Waals surface area contributed by atoms with E-state index in [1.807, 2.05) is 31.2 Å². The maximum atomic E-state index is 12.7. The highest BCUT2D eigenvalue weighted by molar-refractivity contribution is 6.04. The molecule has 0 aliphatic rings. The summed E-state index contributed by atoms with van der Waals surface area (Å²) in [6, 6.07) is 22.3. The first-order valence-corrected chi connectivity index (χ1v) is 9.79. The van der Waals surface area contributed by atoms with E-state index in [-0.39, 0.29) is 5.91 Å². The van der Waals surface area contributed by atoms with Gasteiger partial charge in [-0.1, -0.05) is 42.0 Å². The van der Waals surface area contributed by atoms with Crippen molar-refractivity contribution in [3.63, 3.8) is 0 Å². The smallest absolute Gasteiger partial charge is 0.255 e. The number of hydrogen-bond donors (Lipinski definition) is 1. The number of anilines is 1. The minimum atomic E-state index is -0.238. The molecule has 0 unspecified atom stereocenters. The molecule has 0 saturated heterocycles. The van der Waals surface area contributed by atoms with Crippen LogP contribution in [-0.4, -0.2) is 15.9 Å². The molecule has 0 saturated carbocycles.